The van der Waals surface area contributed by atoms with Crippen molar-refractivity contribution in [2.45, 2.75) is 44.7 Å². The van der Waals surface area contributed by atoms with Crippen LogP contribution in [0.5, 0.6) is 0 Å². The lowest BCUT2D eigenvalue weighted by Crippen LogP contribution is -2.52. The van der Waals surface area contributed by atoms with E-state index in [0.717, 1.165) is 22.3 Å². The van der Waals surface area contributed by atoms with E-state index in [4.69, 9.17) is 4.74 Å². The minimum Gasteiger partial charge on any atom is -0.480 e. The predicted molar refractivity (Wildman–Crippen MR) is 134 cm³/mol. The van der Waals surface area contributed by atoms with E-state index in [1.54, 1.807) is 0 Å². The van der Waals surface area contributed by atoms with Crippen LogP contribution in [0.15, 0.2) is 48.5 Å². The molecule has 0 fully saturated rings. The summed E-state index contributed by atoms with van der Waals surface area (Å²) < 4.78 is 5.57. The van der Waals surface area contributed by atoms with Gasteiger partial charge in [0.05, 0.1) is 0 Å². The van der Waals surface area contributed by atoms with Gasteiger partial charge in [0.1, 0.15) is 18.7 Å². The minimum atomic E-state index is -1.09. The quantitative estimate of drug-likeness (QED) is 0.440. The van der Waals surface area contributed by atoms with Crippen molar-refractivity contribution in [2.24, 2.45) is 5.92 Å². The van der Waals surface area contributed by atoms with Crippen molar-refractivity contribution >= 4 is 29.7 Å². The summed E-state index contributed by atoms with van der Waals surface area (Å²) in [5, 5.41) is 14.6. The van der Waals surface area contributed by atoms with Gasteiger partial charge in [-0.3, -0.25) is 4.79 Å². The highest BCUT2D eigenvalue weighted by Crippen LogP contribution is 2.44. The molecule has 0 bridgehead atoms. The van der Waals surface area contributed by atoms with Gasteiger partial charge in [-0.15, -0.1) is 0 Å². The fourth-order valence-corrected chi connectivity index (χ4v) is 4.72. The lowest BCUT2D eigenvalue weighted by Gasteiger charge is -2.23. The van der Waals surface area contributed by atoms with Gasteiger partial charge in [-0.2, -0.15) is 11.8 Å². The van der Waals surface area contributed by atoms with Crippen molar-refractivity contribution in [3.05, 3.63) is 59.7 Å². The third-order valence-corrected chi connectivity index (χ3v) is 6.53. The summed E-state index contributed by atoms with van der Waals surface area (Å²) in [6.07, 6.45) is 1.85. The highest BCUT2D eigenvalue weighted by molar-refractivity contribution is 7.98. The monoisotopic (exact) mass is 484 g/mol. The Hall–Kier alpha value is -3.00. The molecular formula is C26H32N2O5S. The zero-order valence-electron chi connectivity index (χ0n) is 19.7. The molecule has 0 spiro atoms. The maximum atomic E-state index is 12.8. The maximum absolute atomic E-state index is 12.8. The van der Waals surface area contributed by atoms with Crippen LogP contribution in [0, 0.1) is 5.92 Å². The molecule has 0 saturated heterocycles. The van der Waals surface area contributed by atoms with Gasteiger partial charge >= 0.3 is 12.1 Å². The number of thioether (sulfide) groups is 1. The first kappa shape index (κ1) is 25.6. The molecule has 8 heteroatoms. The van der Waals surface area contributed by atoms with Crippen LogP contribution in [0.2, 0.25) is 0 Å². The summed E-state index contributed by atoms with van der Waals surface area (Å²) >= 11 is 1.51. The molecule has 1 aliphatic carbocycles. The van der Waals surface area contributed by atoms with Crippen LogP contribution in [0.3, 0.4) is 0 Å². The topological polar surface area (TPSA) is 105 Å². The van der Waals surface area contributed by atoms with Crippen molar-refractivity contribution in [2.75, 3.05) is 18.6 Å². The Morgan fingerprint density at radius 2 is 1.56 bits per heavy atom. The maximum Gasteiger partial charge on any atom is 0.407 e. The predicted octanol–water partition coefficient (Wildman–Crippen LogP) is 4.26. The van der Waals surface area contributed by atoms with Crippen molar-refractivity contribution in [3.63, 3.8) is 0 Å². The number of hydrogen-bond acceptors (Lipinski definition) is 5. The zero-order chi connectivity index (χ0) is 24.7. The largest absolute Gasteiger partial charge is 0.480 e. The number of carbonyl (C=O) groups excluding carboxylic acids is 2. The van der Waals surface area contributed by atoms with Crippen LogP contribution in [-0.4, -0.2) is 53.8 Å². The van der Waals surface area contributed by atoms with Crippen molar-refractivity contribution in [3.8, 4) is 11.1 Å². The van der Waals surface area contributed by atoms with E-state index in [0.29, 0.717) is 18.6 Å². The molecule has 0 heterocycles. The average molecular weight is 485 g/mol. The Kier molecular flexibility index (Phi) is 8.98. The van der Waals surface area contributed by atoms with Crippen LogP contribution in [0.25, 0.3) is 11.1 Å². The molecule has 2 aromatic rings. The number of benzene rings is 2. The van der Waals surface area contributed by atoms with E-state index in [9.17, 15) is 19.5 Å². The third-order valence-electron chi connectivity index (χ3n) is 5.88. The summed E-state index contributed by atoms with van der Waals surface area (Å²) in [6, 6.07) is 14.2. The molecule has 3 rings (SSSR count). The third kappa shape index (κ3) is 6.32. The molecule has 1 aliphatic rings. The fraction of sp³-hybridized carbons (Fsp3) is 0.423. The smallest absolute Gasteiger partial charge is 0.407 e. The molecule has 0 aliphatic heterocycles. The first-order chi connectivity index (χ1) is 16.3. The number of fused-ring (bicyclic) bond motifs is 3. The highest BCUT2D eigenvalue weighted by atomic mass is 32.2. The van der Waals surface area contributed by atoms with Gasteiger partial charge in [0, 0.05) is 5.92 Å². The van der Waals surface area contributed by atoms with Crippen LogP contribution in [0.1, 0.15) is 43.7 Å². The van der Waals surface area contributed by atoms with Gasteiger partial charge in [0.25, 0.3) is 0 Å². The summed E-state index contributed by atoms with van der Waals surface area (Å²) in [6.45, 7) is 4.01. The van der Waals surface area contributed by atoms with Gasteiger partial charge in [0.15, 0.2) is 0 Å². The normalized spacial score (nSPS) is 14.1. The number of aliphatic carboxylic acids is 1. The molecule has 2 aromatic carbocycles. The molecular weight excluding hydrogens is 452 g/mol. The lowest BCUT2D eigenvalue weighted by molar-refractivity contribution is -0.142. The van der Waals surface area contributed by atoms with Gasteiger partial charge in [0.2, 0.25) is 5.91 Å². The number of carboxylic acid groups (broad SMARTS) is 1. The molecule has 2 amide bonds. The van der Waals surface area contributed by atoms with E-state index in [-0.39, 0.29) is 18.4 Å². The Labute approximate surface area is 204 Å². The summed E-state index contributed by atoms with van der Waals surface area (Å²) in [4.78, 5) is 37.0. The number of ether oxygens (including phenoxy) is 1. The van der Waals surface area contributed by atoms with Crippen molar-refractivity contribution < 1.29 is 24.2 Å². The zero-order valence-corrected chi connectivity index (χ0v) is 20.6. The molecule has 182 valence electrons. The summed E-state index contributed by atoms with van der Waals surface area (Å²) in [5.41, 5.74) is 4.47. The molecule has 3 N–H and O–H groups in total. The molecule has 0 aromatic heterocycles. The lowest BCUT2D eigenvalue weighted by atomic mass is 9.98. The van der Waals surface area contributed by atoms with Crippen molar-refractivity contribution in [1.29, 1.82) is 0 Å². The van der Waals surface area contributed by atoms with Gasteiger partial charge < -0.3 is 20.5 Å². The first-order valence-corrected chi connectivity index (χ1v) is 12.8. The molecule has 0 radical (unpaired) electrons. The molecule has 2 atom stereocenters. The van der Waals surface area contributed by atoms with Gasteiger partial charge in [-0.05, 0) is 53.0 Å². The van der Waals surface area contributed by atoms with Crippen LogP contribution >= 0.6 is 11.8 Å². The first-order valence-electron chi connectivity index (χ1n) is 11.5. The fourth-order valence-electron chi connectivity index (χ4n) is 4.25. The van der Waals surface area contributed by atoms with Gasteiger partial charge in [-0.1, -0.05) is 62.4 Å². The number of alkyl carbamates (subject to hydrolysis) is 1. The summed E-state index contributed by atoms with van der Waals surface area (Å²) in [7, 11) is 0. The van der Waals surface area contributed by atoms with E-state index in [2.05, 4.69) is 22.8 Å². The molecule has 7 nitrogen and oxygen atoms in total. The van der Waals surface area contributed by atoms with Gasteiger partial charge in [-0.25, -0.2) is 9.59 Å². The number of amides is 2. The highest BCUT2D eigenvalue weighted by Gasteiger charge is 2.31. The number of nitrogens with one attached hydrogen (secondary N) is 2. The van der Waals surface area contributed by atoms with Crippen LogP contribution in [0.4, 0.5) is 4.79 Å². The number of hydrogen-bond donors (Lipinski definition) is 3. The average Bonchev–Trinajstić information content (AvgIpc) is 3.13. The Bertz CT molecular complexity index is 980. The second kappa shape index (κ2) is 11.9. The van der Waals surface area contributed by atoms with E-state index in [1.165, 1.54) is 11.8 Å². The molecule has 34 heavy (non-hydrogen) atoms. The van der Waals surface area contributed by atoms with Crippen molar-refractivity contribution in [1.82, 2.24) is 10.6 Å². The van der Waals surface area contributed by atoms with Crippen LogP contribution < -0.4 is 10.6 Å². The number of carboxylic acids is 1. The van der Waals surface area contributed by atoms with Crippen LogP contribution in [-0.2, 0) is 14.3 Å². The van der Waals surface area contributed by atoms with E-state index >= 15 is 0 Å². The Morgan fingerprint density at radius 1 is 0.971 bits per heavy atom. The summed E-state index contributed by atoms with van der Waals surface area (Å²) in [5.74, 6) is -0.980. The SMILES string of the molecule is CSCC[C@@H](NC(=O)[C@H](CC(C)C)NC(=O)OCC1c2ccccc2-c2ccccc21)C(=O)O. The molecule has 0 unspecified atom stereocenters. The second-order valence-corrected chi connectivity index (χ2v) is 9.82. The number of rotatable bonds is 11. The Morgan fingerprint density at radius 3 is 2.09 bits per heavy atom. The minimum absolute atomic E-state index is 0.0848. The molecule has 0 saturated carbocycles. The van der Waals surface area contributed by atoms with E-state index < -0.39 is 30.1 Å². The second-order valence-electron chi connectivity index (χ2n) is 8.83. The Balaban J connectivity index is 1.65. The standard InChI is InChI=1S/C26H32N2O5S/c1-16(2)14-23(24(29)27-22(25(30)31)12-13-34-3)28-26(32)33-15-21-19-10-6-4-8-17(19)18-9-5-7-11-20(18)21/h4-11,16,21-23H,12-15H2,1-3H3,(H,27,29)(H,28,32)(H,30,31)/t22-,23+/m1/s1. The number of carbonyl (C=O) groups is 3. The van der Waals surface area contributed by atoms with E-state index in [1.807, 2.05) is 56.5 Å².